The summed E-state index contributed by atoms with van der Waals surface area (Å²) in [6, 6.07) is 10.4. The lowest BCUT2D eigenvalue weighted by molar-refractivity contribution is 0.313. The van der Waals surface area contributed by atoms with Crippen LogP contribution in [0.4, 0.5) is 5.69 Å². The molecule has 1 N–H and O–H groups in total. The van der Waals surface area contributed by atoms with Crippen LogP contribution >= 0.6 is 23.8 Å². The molecule has 0 aliphatic carbocycles. The number of nitrogens with one attached hydrogen (secondary N) is 1. The van der Waals surface area contributed by atoms with E-state index < -0.39 is 0 Å². The highest BCUT2D eigenvalue weighted by Gasteiger charge is 2.41. The van der Waals surface area contributed by atoms with Gasteiger partial charge >= 0.3 is 0 Å². The van der Waals surface area contributed by atoms with E-state index in [0.717, 1.165) is 40.8 Å². The van der Waals surface area contributed by atoms with E-state index in [0.29, 0.717) is 0 Å². The van der Waals surface area contributed by atoms with Crippen LogP contribution in [0.25, 0.3) is 5.57 Å². The fourth-order valence-corrected chi connectivity index (χ4v) is 5.33. The molecule has 0 radical (unpaired) electrons. The number of allylic oxidation sites excluding steroid dienone is 1. The maximum absolute atomic E-state index is 6.98. The Morgan fingerprint density at radius 1 is 1.26 bits per heavy atom. The summed E-state index contributed by atoms with van der Waals surface area (Å²) in [5, 5.41) is 5.07. The Kier molecular flexibility index (Phi) is 6.01. The van der Waals surface area contributed by atoms with Crippen molar-refractivity contribution in [3.63, 3.8) is 0 Å². The monoisotopic (exact) mass is 454 g/mol. The van der Waals surface area contributed by atoms with Gasteiger partial charge in [0.05, 0.1) is 23.3 Å². The molecule has 3 heterocycles. The normalized spacial score (nSPS) is 22.3. The maximum atomic E-state index is 6.98. The molecule has 2 atom stereocenters. The van der Waals surface area contributed by atoms with Gasteiger partial charge in [0, 0.05) is 36.1 Å². The number of pyridine rings is 1. The number of halogens is 1. The maximum Gasteiger partial charge on any atom is 0.170 e. The van der Waals surface area contributed by atoms with E-state index in [4.69, 9.17) is 23.8 Å². The second-order valence-electron chi connectivity index (χ2n) is 9.10. The Bertz CT molecular complexity index is 1020. The Balaban J connectivity index is 1.84. The van der Waals surface area contributed by atoms with Crippen LogP contribution in [-0.2, 0) is 0 Å². The molecule has 0 spiro atoms. The minimum absolute atomic E-state index is 0.000192. The quantitative estimate of drug-likeness (QED) is 0.548. The topological polar surface area (TPSA) is 31.4 Å². The Hall–Kier alpha value is -2.11. The highest BCUT2D eigenvalue weighted by molar-refractivity contribution is 7.80. The van der Waals surface area contributed by atoms with Gasteiger partial charge in [0.15, 0.2) is 5.11 Å². The van der Waals surface area contributed by atoms with E-state index in [1.54, 1.807) is 0 Å². The molecule has 31 heavy (non-hydrogen) atoms. The molecule has 0 unspecified atom stereocenters. The van der Waals surface area contributed by atoms with E-state index in [1.165, 1.54) is 16.8 Å². The van der Waals surface area contributed by atoms with Gasteiger partial charge in [0.25, 0.3) is 0 Å². The van der Waals surface area contributed by atoms with Crippen molar-refractivity contribution in [2.45, 2.75) is 58.2 Å². The van der Waals surface area contributed by atoms with Crippen LogP contribution in [0.1, 0.15) is 69.4 Å². The molecule has 0 bridgehead atoms. The van der Waals surface area contributed by atoms with Gasteiger partial charge in [0.2, 0.25) is 0 Å². The second kappa shape index (κ2) is 8.44. The summed E-state index contributed by atoms with van der Waals surface area (Å²) in [4.78, 5) is 9.23. The fraction of sp³-hybridized carbons (Fsp3) is 0.440. The van der Waals surface area contributed by atoms with E-state index >= 15 is 0 Å². The molecule has 2 aliphatic heterocycles. The minimum Gasteiger partial charge on any atom is -0.365 e. The first kappa shape index (κ1) is 22.1. The number of nitrogens with zero attached hydrogens (tertiary/aromatic N) is 3. The molecule has 1 fully saturated rings. The summed E-state index contributed by atoms with van der Waals surface area (Å²) < 4.78 is 0. The molecular weight excluding hydrogens is 424 g/mol. The van der Waals surface area contributed by atoms with Crippen molar-refractivity contribution in [1.82, 2.24) is 15.2 Å². The summed E-state index contributed by atoms with van der Waals surface area (Å²) in [5.41, 5.74) is 5.70. The zero-order valence-corrected chi connectivity index (χ0v) is 20.5. The lowest BCUT2D eigenvalue weighted by atomic mass is 9.86. The first-order valence-corrected chi connectivity index (χ1v) is 11.8. The molecule has 2 aromatic rings. The van der Waals surface area contributed by atoms with E-state index in [9.17, 15) is 0 Å². The van der Waals surface area contributed by atoms with Crippen LogP contribution in [-0.4, -0.2) is 34.1 Å². The zero-order valence-electron chi connectivity index (χ0n) is 18.9. The third kappa shape index (κ3) is 3.94. The Morgan fingerprint density at radius 2 is 2.03 bits per heavy atom. The lowest BCUT2D eigenvalue weighted by Gasteiger charge is -2.41. The molecule has 1 aromatic carbocycles. The molecule has 6 heteroatoms. The third-order valence-electron chi connectivity index (χ3n) is 6.60. The number of hydrogen-bond donors (Lipinski definition) is 1. The van der Waals surface area contributed by atoms with E-state index in [-0.39, 0.29) is 17.6 Å². The number of likely N-dealkylation sites (N-methyl/N-ethyl adjacent to an activating group) is 1. The summed E-state index contributed by atoms with van der Waals surface area (Å²) >= 11 is 12.8. The van der Waals surface area contributed by atoms with Crippen molar-refractivity contribution in [3.8, 4) is 0 Å². The lowest BCUT2D eigenvalue weighted by Crippen LogP contribution is -2.42. The van der Waals surface area contributed by atoms with Gasteiger partial charge in [-0.05, 0) is 74.8 Å². The highest BCUT2D eigenvalue weighted by atomic mass is 35.5. The minimum atomic E-state index is -0.0535. The molecule has 0 saturated carbocycles. The predicted molar refractivity (Wildman–Crippen MR) is 135 cm³/mol. The molecule has 164 valence electrons. The van der Waals surface area contributed by atoms with Crippen LogP contribution < -0.4 is 10.2 Å². The third-order valence-corrected chi connectivity index (χ3v) is 7.28. The second-order valence-corrected chi connectivity index (χ2v) is 9.90. The number of rotatable bonds is 5. The Labute approximate surface area is 196 Å². The number of fused-ring (bicyclic) bond motifs is 1. The summed E-state index contributed by atoms with van der Waals surface area (Å²) in [6.07, 6.45) is 6.35. The average molecular weight is 455 g/mol. The van der Waals surface area contributed by atoms with Crippen molar-refractivity contribution in [3.05, 3.63) is 64.4 Å². The van der Waals surface area contributed by atoms with Crippen LogP contribution in [0.2, 0.25) is 5.02 Å². The molecule has 1 saturated heterocycles. The number of thiocarbonyl (C=S) groups is 1. The van der Waals surface area contributed by atoms with Crippen LogP contribution in [0.5, 0.6) is 0 Å². The number of hydrogen-bond acceptors (Lipinski definition) is 3. The van der Waals surface area contributed by atoms with E-state index in [2.05, 4.69) is 79.1 Å². The van der Waals surface area contributed by atoms with Crippen molar-refractivity contribution in [2.75, 3.05) is 18.5 Å². The summed E-state index contributed by atoms with van der Waals surface area (Å²) in [6.45, 7) is 9.74. The van der Waals surface area contributed by atoms with Crippen LogP contribution in [0.3, 0.4) is 0 Å². The molecular formula is C25H31ClN4S. The standard InChI is InChI=1S/C25H31ClN4S/c1-6-7-12-30-23(22(28-24(30)31)20-10-8-9-11-27-20)18-13-17-16(2)15-25(3,4)29(5)21(17)14-19(18)26/h8-11,13-15,22-23H,6-7,12H2,1-5H3,(H,28,31)/t22-,23-/m0/s1. The first-order chi connectivity index (χ1) is 14.7. The van der Waals surface area contributed by atoms with Gasteiger partial charge in [0.1, 0.15) is 0 Å². The number of unbranched alkanes of at least 4 members (excludes halogenated alkanes) is 1. The molecule has 4 rings (SSSR count). The predicted octanol–water partition coefficient (Wildman–Crippen LogP) is 6.14. The van der Waals surface area contributed by atoms with E-state index in [1.807, 2.05) is 18.3 Å². The fourth-order valence-electron chi connectivity index (χ4n) is 4.73. The smallest absolute Gasteiger partial charge is 0.170 e. The molecule has 1 aromatic heterocycles. The van der Waals surface area contributed by atoms with Crippen LogP contribution in [0, 0.1) is 0 Å². The largest absolute Gasteiger partial charge is 0.365 e. The van der Waals surface area contributed by atoms with Crippen molar-refractivity contribution < 1.29 is 0 Å². The van der Waals surface area contributed by atoms with Gasteiger partial charge in [-0.15, -0.1) is 0 Å². The van der Waals surface area contributed by atoms with Crippen molar-refractivity contribution >= 4 is 40.2 Å². The number of benzene rings is 1. The van der Waals surface area contributed by atoms with Gasteiger partial charge < -0.3 is 15.1 Å². The summed E-state index contributed by atoms with van der Waals surface area (Å²) in [5.74, 6) is 0. The molecule has 0 amide bonds. The molecule has 2 aliphatic rings. The average Bonchev–Trinajstić information content (AvgIpc) is 3.06. The highest BCUT2D eigenvalue weighted by Crippen LogP contribution is 2.46. The van der Waals surface area contributed by atoms with Gasteiger partial charge in [-0.1, -0.05) is 37.1 Å². The van der Waals surface area contributed by atoms with Gasteiger partial charge in [-0.2, -0.15) is 0 Å². The van der Waals surface area contributed by atoms with Gasteiger partial charge in [-0.25, -0.2) is 0 Å². The van der Waals surface area contributed by atoms with Crippen molar-refractivity contribution in [1.29, 1.82) is 0 Å². The number of anilines is 1. The first-order valence-electron chi connectivity index (χ1n) is 11.0. The van der Waals surface area contributed by atoms with Gasteiger partial charge in [-0.3, -0.25) is 4.98 Å². The SMILES string of the molecule is CCCCN1C(=S)N[C@@H](c2ccccn2)[C@@H]1c1cc2c(cc1Cl)N(C)C(C)(C)C=C2C. The number of aromatic nitrogens is 1. The van der Waals surface area contributed by atoms with Crippen LogP contribution in [0.15, 0.2) is 42.6 Å². The zero-order chi connectivity index (χ0) is 22.3. The molecule has 4 nitrogen and oxygen atoms in total. The summed E-state index contributed by atoms with van der Waals surface area (Å²) in [7, 11) is 2.13. The van der Waals surface area contributed by atoms with Crippen molar-refractivity contribution in [2.24, 2.45) is 0 Å². The Morgan fingerprint density at radius 3 is 2.71 bits per heavy atom.